The Kier molecular flexibility index (Phi) is 4.10. The summed E-state index contributed by atoms with van der Waals surface area (Å²) >= 11 is 2.16. The highest BCUT2D eigenvalue weighted by molar-refractivity contribution is 14.1. The minimum absolute atomic E-state index is 0.295. The van der Waals surface area contributed by atoms with Crippen LogP contribution in [0.4, 0.5) is 0 Å². The van der Waals surface area contributed by atoms with E-state index >= 15 is 0 Å². The Morgan fingerprint density at radius 1 is 0.909 bits per heavy atom. The lowest BCUT2D eigenvalue weighted by Gasteiger charge is -2.05. The monoisotopic (exact) mass is 423 g/mol. The van der Waals surface area contributed by atoms with E-state index < -0.39 is 10.0 Å². The van der Waals surface area contributed by atoms with Gasteiger partial charge < -0.3 is 0 Å². The summed E-state index contributed by atoms with van der Waals surface area (Å²) in [4.78, 5) is 0.295. The molecule has 0 atom stereocenters. The maximum Gasteiger partial charge on any atom is 0.267 e. The summed E-state index contributed by atoms with van der Waals surface area (Å²) in [6.45, 7) is 1.93. The third-order valence-electron chi connectivity index (χ3n) is 3.44. The Hall–Kier alpha value is -1.60. The largest absolute Gasteiger partial charge is 0.267 e. The Balaban J connectivity index is 2.08. The van der Waals surface area contributed by atoms with Gasteiger partial charge in [0.1, 0.15) is 0 Å². The lowest BCUT2D eigenvalue weighted by molar-refractivity contribution is 0.587. The fourth-order valence-corrected chi connectivity index (χ4v) is 4.36. The molecule has 0 fully saturated rings. The van der Waals surface area contributed by atoms with Crippen LogP contribution in [0.2, 0.25) is 0 Å². The topological polar surface area (TPSA) is 39.1 Å². The third-order valence-corrected chi connectivity index (χ3v) is 5.93. The molecule has 3 aromatic rings. The molecule has 0 amide bonds. The van der Waals surface area contributed by atoms with Crippen LogP contribution in [-0.4, -0.2) is 12.4 Å². The minimum atomic E-state index is -3.55. The normalized spacial score (nSPS) is 11.5. The fraction of sp³-hybridized carbons (Fsp3) is 0.0588. The van der Waals surface area contributed by atoms with Gasteiger partial charge in [0.05, 0.1) is 4.90 Å². The van der Waals surface area contributed by atoms with Crippen LogP contribution in [0.5, 0.6) is 0 Å². The summed E-state index contributed by atoms with van der Waals surface area (Å²) in [6, 6.07) is 16.7. The van der Waals surface area contributed by atoms with Gasteiger partial charge in [-0.15, -0.1) is 0 Å². The molecular weight excluding hydrogens is 409 g/mol. The molecular formula is C17H14INO2S. The zero-order chi connectivity index (χ0) is 15.7. The van der Waals surface area contributed by atoms with Gasteiger partial charge in [-0.25, -0.2) is 12.4 Å². The summed E-state index contributed by atoms with van der Waals surface area (Å²) in [5.74, 6) is 0. The molecule has 0 saturated heterocycles. The van der Waals surface area contributed by atoms with Gasteiger partial charge in [0, 0.05) is 21.5 Å². The first kappa shape index (κ1) is 15.3. The van der Waals surface area contributed by atoms with Crippen LogP contribution in [-0.2, 0) is 10.0 Å². The second-order valence-electron chi connectivity index (χ2n) is 5.03. The van der Waals surface area contributed by atoms with E-state index in [0.29, 0.717) is 4.90 Å². The Morgan fingerprint density at radius 3 is 2.18 bits per heavy atom. The number of hydrogen-bond acceptors (Lipinski definition) is 2. The number of aromatic nitrogens is 1. The van der Waals surface area contributed by atoms with Gasteiger partial charge in [0.25, 0.3) is 10.0 Å². The van der Waals surface area contributed by atoms with E-state index in [9.17, 15) is 8.42 Å². The van der Waals surface area contributed by atoms with E-state index in [0.717, 1.165) is 20.3 Å². The van der Waals surface area contributed by atoms with Crippen molar-refractivity contribution in [3.05, 3.63) is 76.1 Å². The van der Waals surface area contributed by atoms with Gasteiger partial charge in [0.15, 0.2) is 0 Å². The standard InChI is InChI=1S/C17H14INO2S/c1-13-7-9-15(10-8-13)22(20,21)19-11-16(17(18)12-19)14-5-3-2-4-6-14/h2-12H,1H3. The van der Waals surface area contributed by atoms with E-state index in [4.69, 9.17) is 0 Å². The van der Waals surface area contributed by atoms with E-state index in [1.54, 1.807) is 36.7 Å². The molecule has 0 spiro atoms. The average molecular weight is 423 g/mol. The number of nitrogens with zero attached hydrogens (tertiary/aromatic N) is 1. The first-order chi connectivity index (χ1) is 10.5. The molecule has 2 aromatic carbocycles. The predicted molar refractivity (Wildman–Crippen MR) is 96.3 cm³/mol. The summed E-state index contributed by atoms with van der Waals surface area (Å²) < 4.78 is 27.6. The fourth-order valence-electron chi connectivity index (χ4n) is 2.21. The zero-order valence-corrected chi connectivity index (χ0v) is 14.9. The summed E-state index contributed by atoms with van der Waals surface area (Å²) in [5, 5.41) is 0. The number of hydrogen-bond donors (Lipinski definition) is 0. The van der Waals surface area contributed by atoms with Gasteiger partial charge in [0.2, 0.25) is 0 Å². The average Bonchev–Trinajstić information content (AvgIpc) is 2.91. The van der Waals surface area contributed by atoms with Crippen LogP contribution >= 0.6 is 22.6 Å². The molecule has 0 saturated carbocycles. The van der Waals surface area contributed by atoms with E-state index in [-0.39, 0.29) is 0 Å². The number of rotatable bonds is 3. The van der Waals surface area contributed by atoms with E-state index in [1.807, 2.05) is 37.3 Å². The second kappa shape index (κ2) is 5.89. The number of aryl methyl sites for hydroxylation is 1. The number of benzene rings is 2. The van der Waals surface area contributed by atoms with E-state index in [2.05, 4.69) is 22.6 Å². The molecule has 0 unspecified atom stereocenters. The van der Waals surface area contributed by atoms with Crippen LogP contribution in [0.15, 0.2) is 71.9 Å². The first-order valence-corrected chi connectivity index (χ1v) is 9.25. The molecule has 0 aliphatic heterocycles. The quantitative estimate of drug-likeness (QED) is 0.590. The molecule has 0 aliphatic carbocycles. The van der Waals surface area contributed by atoms with Crippen molar-refractivity contribution in [3.8, 4) is 11.1 Å². The Labute approximate surface area is 143 Å². The van der Waals surface area contributed by atoms with Crippen molar-refractivity contribution < 1.29 is 8.42 Å². The van der Waals surface area contributed by atoms with E-state index in [1.165, 1.54) is 3.97 Å². The van der Waals surface area contributed by atoms with Crippen molar-refractivity contribution in [1.29, 1.82) is 0 Å². The molecule has 0 radical (unpaired) electrons. The van der Waals surface area contributed by atoms with Crippen molar-refractivity contribution >= 4 is 32.6 Å². The highest BCUT2D eigenvalue weighted by Crippen LogP contribution is 2.28. The smallest absolute Gasteiger partial charge is 0.247 e. The zero-order valence-electron chi connectivity index (χ0n) is 11.9. The molecule has 112 valence electrons. The molecule has 0 aliphatic rings. The molecule has 0 bridgehead atoms. The summed E-state index contributed by atoms with van der Waals surface area (Å²) in [7, 11) is -3.55. The molecule has 0 N–H and O–H groups in total. The summed E-state index contributed by atoms with van der Waals surface area (Å²) in [6.07, 6.45) is 3.32. The van der Waals surface area contributed by atoms with Crippen LogP contribution < -0.4 is 0 Å². The van der Waals surface area contributed by atoms with Crippen molar-refractivity contribution in [1.82, 2.24) is 3.97 Å². The highest BCUT2D eigenvalue weighted by Gasteiger charge is 2.19. The highest BCUT2D eigenvalue weighted by atomic mass is 127. The van der Waals surface area contributed by atoms with Crippen molar-refractivity contribution in [2.45, 2.75) is 11.8 Å². The molecule has 5 heteroatoms. The van der Waals surface area contributed by atoms with Crippen molar-refractivity contribution in [2.24, 2.45) is 0 Å². The molecule has 3 rings (SSSR count). The van der Waals surface area contributed by atoms with Crippen LogP contribution in [0.25, 0.3) is 11.1 Å². The predicted octanol–water partition coefficient (Wildman–Crippen LogP) is 4.31. The Morgan fingerprint density at radius 2 is 1.55 bits per heavy atom. The van der Waals surface area contributed by atoms with Gasteiger partial charge >= 0.3 is 0 Å². The first-order valence-electron chi connectivity index (χ1n) is 6.73. The van der Waals surface area contributed by atoms with Gasteiger partial charge in [-0.3, -0.25) is 0 Å². The molecule has 1 aromatic heterocycles. The van der Waals surface area contributed by atoms with Crippen molar-refractivity contribution in [2.75, 3.05) is 0 Å². The minimum Gasteiger partial charge on any atom is -0.247 e. The maximum atomic E-state index is 12.7. The second-order valence-corrected chi connectivity index (χ2v) is 8.04. The summed E-state index contributed by atoms with van der Waals surface area (Å²) in [5.41, 5.74) is 2.95. The third kappa shape index (κ3) is 2.83. The molecule has 1 heterocycles. The molecule has 22 heavy (non-hydrogen) atoms. The lowest BCUT2D eigenvalue weighted by atomic mass is 10.1. The van der Waals surface area contributed by atoms with Gasteiger partial charge in [-0.05, 0) is 47.2 Å². The van der Waals surface area contributed by atoms with Crippen LogP contribution in [0, 0.1) is 10.5 Å². The van der Waals surface area contributed by atoms with Crippen molar-refractivity contribution in [3.63, 3.8) is 0 Å². The van der Waals surface area contributed by atoms with Gasteiger partial charge in [-0.2, -0.15) is 0 Å². The SMILES string of the molecule is Cc1ccc(S(=O)(=O)n2cc(I)c(-c3ccccc3)c2)cc1. The van der Waals surface area contributed by atoms with Crippen LogP contribution in [0.1, 0.15) is 5.56 Å². The lowest BCUT2D eigenvalue weighted by Crippen LogP contribution is -2.10. The molecule has 3 nitrogen and oxygen atoms in total. The maximum absolute atomic E-state index is 12.7. The number of halogens is 1. The van der Waals surface area contributed by atoms with Crippen LogP contribution in [0.3, 0.4) is 0 Å². The Bertz CT molecular complexity index is 898. The van der Waals surface area contributed by atoms with Gasteiger partial charge in [-0.1, -0.05) is 48.0 Å².